The lowest BCUT2D eigenvalue weighted by Crippen LogP contribution is -2.49. The molecule has 0 unspecified atom stereocenters. The Morgan fingerprint density at radius 3 is 2.67 bits per heavy atom. The fourth-order valence-electron chi connectivity index (χ4n) is 2.73. The maximum Gasteiger partial charge on any atom is 0.324 e. The molecule has 0 bridgehead atoms. The second-order valence-electron chi connectivity index (χ2n) is 5.13. The van der Waals surface area contributed by atoms with Gasteiger partial charge in [-0.1, -0.05) is 0 Å². The topological polar surface area (TPSA) is 100 Å². The summed E-state index contributed by atoms with van der Waals surface area (Å²) < 4.78 is 1.48. The van der Waals surface area contributed by atoms with Crippen LogP contribution < -0.4 is 5.32 Å². The molecular formula is C12H16N6O3. The molecule has 9 heteroatoms. The van der Waals surface area contributed by atoms with Crippen LogP contribution in [0.3, 0.4) is 0 Å². The minimum atomic E-state index is -0.326. The highest BCUT2D eigenvalue weighted by atomic mass is 16.2. The largest absolute Gasteiger partial charge is 0.341 e. The zero-order chi connectivity index (χ0) is 14.8. The summed E-state index contributed by atoms with van der Waals surface area (Å²) in [7, 11) is 0. The van der Waals surface area contributed by atoms with Gasteiger partial charge in [-0.05, 0) is 12.8 Å². The third-order valence-electron chi connectivity index (χ3n) is 3.82. The van der Waals surface area contributed by atoms with Crippen molar-refractivity contribution in [2.24, 2.45) is 0 Å². The van der Waals surface area contributed by atoms with Crippen molar-refractivity contribution in [3.63, 3.8) is 0 Å². The molecule has 1 N–H and O–H groups in total. The molecule has 1 aromatic rings. The lowest BCUT2D eigenvalue weighted by molar-refractivity contribution is -0.134. The number of carbonyl (C=O) groups is 3. The number of urea groups is 1. The molecule has 2 fully saturated rings. The summed E-state index contributed by atoms with van der Waals surface area (Å²) in [6.07, 6.45) is 4.11. The Balaban J connectivity index is 1.54. The maximum absolute atomic E-state index is 12.1. The van der Waals surface area contributed by atoms with Gasteiger partial charge >= 0.3 is 6.03 Å². The molecular weight excluding hydrogens is 276 g/mol. The quantitative estimate of drug-likeness (QED) is 0.707. The van der Waals surface area contributed by atoms with Crippen molar-refractivity contribution < 1.29 is 14.4 Å². The van der Waals surface area contributed by atoms with Crippen molar-refractivity contribution >= 4 is 17.8 Å². The summed E-state index contributed by atoms with van der Waals surface area (Å²) >= 11 is 0. The monoisotopic (exact) mass is 292 g/mol. The number of aromatic nitrogens is 3. The van der Waals surface area contributed by atoms with Gasteiger partial charge in [-0.2, -0.15) is 5.10 Å². The maximum atomic E-state index is 12.1. The first kappa shape index (κ1) is 13.5. The van der Waals surface area contributed by atoms with E-state index in [4.69, 9.17) is 0 Å². The van der Waals surface area contributed by atoms with E-state index >= 15 is 0 Å². The minimum absolute atomic E-state index is 0.0313. The smallest absolute Gasteiger partial charge is 0.324 e. The molecule has 112 valence electrons. The van der Waals surface area contributed by atoms with Crippen molar-refractivity contribution in [2.75, 3.05) is 19.6 Å². The van der Waals surface area contributed by atoms with Gasteiger partial charge < -0.3 is 10.2 Å². The van der Waals surface area contributed by atoms with Crippen LogP contribution in [-0.2, 0) is 16.1 Å². The Kier molecular flexibility index (Phi) is 3.55. The first-order valence-electron chi connectivity index (χ1n) is 6.85. The van der Waals surface area contributed by atoms with Crippen molar-refractivity contribution in [3.05, 3.63) is 12.7 Å². The lowest BCUT2D eigenvalue weighted by Gasteiger charge is -2.35. The Morgan fingerprint density at radius 2 is 2.10 bits per heavy atom. The van der Waals surface area contributed by atoms with Crippen LogP contribution in [0.1, 0.15) is 12.8 Å². The van der Waals surface area contributed by atoms with Gasteiger partial charge in [-0.3, -0.25) is 14.5 Å². The Hall–Kier alpha value is -2.45. The van der Waals surface area contributed by atoms with E-state index in [2.05, 4.69) is 15.4 Å². The second kappa shape index (κ2) is 5.51. The van der Waals surface area contributed by atoms with E-state index in [9.17, 15) is 14.4 Å². The highest BCUT2D eigenvalue weighted by molar-refractivity contribution is 6.02. The molecule has 4 amide bonds. The summed E-state index contributed by atoms with van der Waals surface area (Å²) in [5.41, 5.74) is 0. The van der Waals surface area contributed by atoms with E-state index in [1.54, 1.807) is 4.90 Å². The zero-order valence-electron chi connectivity index (χ0n) is 11.4. The van der Waals surface area contributed by atoms with E-state index in [0.717, 1.165) is 0 Å². The molecule has 21 heavy (non-hydrogen) atoms. The van der Waals surface area contributed by atoms with Gasteiger partial charge in [0.1, 0.15) is 19.2 Å². The van der Waals surface area contributed by atoms with Gasteiger partial charge in [-0.25, -0.2) is 14.5 Å². The average molecular weight is 292 g/mol. The van der Waals surface area contributed by atoms with Crippen LogP contribution in [0.15, 0.2) is 12.7 Å². The molecule has 3 heterocycles. The molecule has 0 aromatic carbocycles. The highest BCUT2D eigenvalue weighted by Crippen LogP contribution is 2.19. The molecule has 1 aromatic heterocycles. The molecule has 0 aliphatic carbocycles. The summed E-state index contributed by atoms with van der Waals surface area (Å²) in [6.45, 7) is 1.31. The average Bonchev–Trinajstić information content (AvgIpc) is 3.09. The number of likely N-dealkylation sites (tertiary alicyclic amines) is 1. The minimum Gasteiger partial charge on any atom is -0.341 e. The molecule has 3 rings (SSSR count). The predicted molar refractivity (Wildman–Crippen MR) is 69.9 cm³/mol. The molecule has 2 aliphatic rings. The lowest BCUT2D eigenvalue weighted by atomic mass is 10.0. The van der Waals surface area contributed by atoms with E-state index in [1.165, 1.54) is 22.2 Å². The highest BCUT2D eigenvalue weighted by Gasteiger charge is 2.37. The van der Waals surface area contributed by atoms with Crippen molar-refractivity contribution in [3.8, 4) is 0 Å². The molecule has 0 saturated carbocycles. The van der Waals surface area contributed by atoms with E-state index in [-0.39, 0.29) is 37.0 Å². The molecule has 0 spiro atoms. The number of hydrogen-bond acceptors (Lipinski definition) is 5. The van der Waals surface area contributed by atoms with Gasteiger partial charge in [0.2, 0.25) is 11.8 Å². The fraction of sp³-hybridized carbons (Fsp3) is 0.583. The SMILES string of the molecule is O=C(Cn1cncn1)N1CCC(N2C(=O)CNC2=O)CC1. The second-order valence-corrected chi connectivity index (χ2v) is 5.13. The summed E-state index contributed by atoms with van der Waals surface area (Å²) in [6, 6.07) is -0.442. The number of imide groups is 1. The van der Waals surface area contributed by atoms with Crippen molar-refractivity contribution in [1.82, 2.24) is 29.9 Å². The number of nitrogens with one attached hydrogen (secondary N) is 1. The van der Waals surface area contributed by atoms with Crippen LogP contribution >= 0.6 is 0 Å². The molecule has 9 nitrogen and oxygen atoms in total. The Bertz CT molecular complexity index is 533. The van der Waals surface area contributed by atoms with Gasteiger partial charge in [0.15, 0.2) is 0 Å². The molecule has 0 radical (unpaired) electrons. The van der Waals surface area contributed by atoms with Crippen LogP contribution in [0.4, 0.5) is 4.79 Å². The summed E-state index contributed by atoms with van der Waals surface area (Å²) in [5.74, 6) is -0.219. The summed E-state index contributed by atoms with van der Waals surface area (Å²) in [5, 5.41) is 6.42. The standard InChI is InChI=1S/C12H16N6O3/c19-10-5-14-12(21)18(10)9-1-3-16(4-2-9)11(20)6-17-8-13-7-15-17/h7-9H,1-6H2,(H,14,21). The van der Waals surface area contributed by atoms with Crippen LogP contribution in [0, 0.1) is 0 Å². The molecule has 2 aliphatic heterocycles. The Morgan fingerprint density at radius 1 is 1.33 bits per heavy atom. The molecule has 2 saturated heterocycles. The van der Waals surface area contributed by atoms with Gasteiger partial charge in [0, 0.05) is 19.1 Å². The molecule has 0 atom stereocenters. The first-order valence-corrected chi connectivity index (χ1v) is 6.85. The zero-order valence-corrected chi connectivity index (χ0v) is 11.4. The third-order valence-corrected chi connectivity index (χ3v) is 3.82. The number of piperidine rings is 1. The van der Waals surface area contributed by atoms with E-state index in [1.807, 2.05) is 0 Å². The summed E-state index contributed by atoms with van der Waals surface area (Å²) in [4.78, 5) is 42.2. The Labute approximate surface area is 120 Å². The van der Waals surface area contributed by atoms with Gasteiger partial charge in [0.25, 0.3) is 0 Å². The first-order chi connectivity index (χ1) is 10.1. The number of amides is 4. The van der Waals surface area contributed by atoms with Crippen LogP contribution in [0.2, 0.25) is 0 Å². The third kappa shape index (κ3) is 2.71. The normalized spacial score (nSPS) is 20.0. The fourth-order valence-corrected chi connectivity index (χ4v) is 2.73. The number of carbonyl (C=O) groups excluding carboxylic acids is 3. The van der Waals surface area contributed by atoms with E-state index in [0.29, 0.717) is 25.9 Å². The van der Waals surface area contributed by atoms with Crippen LogP contribution in [0.25, 0.3) is 0 Å². The predicted octanol–water partition coefficient (Wildman–Crippen LogP) is -1.18. The number of rotatable bonds is 3. The van der Waals surface area contributed by atoms with Crippen molar-refractivity contribution in [1.29, 1.82) is 0 Å². The van der Waals surface area contributed by atoms with Gasteiger partial charge in [0.05, 0.1) is 6.54 Å². The number of hydrogen-bond donors (Lipinski definition) is 1. The number of nitrogens with zero attached hydrogens (tertiary/aromatic N) is 5. The van der Waals surface area contributed by atoms with Crippen molar-refractivity contribution in [2.45, 2.75) is 25.4 Å². The van der Waals surface area contributed by atoms with E-state index < -0.39 is 0 Å². The van der Waals surface area contributed by atoms with Crippen LogP contribution in [0.5, 0.6) is 0 Å². The van der Waals surface area contributed by atoms with Crippen LogP contribution in [-0.4, -0.2) is 68.1 Å². The van der Waals surface area contributed by atoms with Gasteiger partial charge in [-0.15, -0.1) is 0 Å².